The number of nitrogens with zero attached hydrogens (tertiary/aromatic N) is 2. The number of benzene rings is 1. The minimum Gasteiger partial charge on any atom is -0.306 e. The lowest BCUT2D eigenvalue weighted by Gasteiger charge is -2.06. The molecule has 1 aromatic carbocycles. The predicted molar refractivity (Wildman–Crippen MR) is 75.3 cm³/mol. The summed E-state index contributed by atoms with van der Waals surface area (Å²) in [4.78, 5) is 26.0. The van der Waals surface area contributed by atoms with E-state index in [-0.39, 0.29) is 27.2 Å². The average molecular weight is 312 g/mol. The molecule has 102 valence electrons. The zero-order valence-corrected chi connectivity index (χ0v) is 11.4. The van der Waals surface area contributed by atoms with Crippen LogP contribution in [-0.2, 0) is 0 Å². The first-order valence-corrected chi connectivity index (χ1v) is 6.11. The van der Waals surface area contributed by atoms with Crippen LogP contribution in [0, 0.1) is 10.1 Å². The monoisotopic (exact) mass is 311 g/mol. The van der Waals surface area contributed by atoms with E-state index < -0.39 is 10.8 Å². The van der Waals surface area contributed by atoms with Crippen molar-refractivity contribution in [3.8, 4) is 0 Å². The largest absolute Gasteiger partial charge is 0.306 e. The van der Waals surface area contributed by atoms with Crippen LogP contribution in [0.2, 0.25) is 10.2 Å². The zero-order valence-electron chi connectivity index (χ0n) is 9.84. The second kappa shape index (κ2) is 5.85. The second-order valence-corrected chi connectivity index (χ2v) is 4.52. The Morgan fingerprint density at radius 3 is 2.65 bits per heavy atom. The molecule has 6 nitrogen and oxygen atoms in total. The Bertz CT molecular complexity index is 691. The molecule has 1 N–H and O–H groups in total. The van der Waals surface area contributed by atoms with Crippen molar-refractivity contribution in [1.29, 1.82) is 0 Å². The minimum atomic E-state index is -0.606. The van der Waals surface area contributed by atoms with Crippen molar-refractivity contribution >= 4 is 40.6 Å². The highest BCUT2D eigenvalue weighted by atomic mass is 35.5. The van der Waals surface area contributed by atoms with E-state index in [2.05, 4.69) is 10.3 Å². The lowest BCUT2D eigenvalue weighted by molar-refractivity contribution is -0.384. The quantitative estimate of drug-likeness (QED) is 0.533. The van der Waals surface area contributed by atoms with Crippen LogP contribution < -0.4 is 5.32 Å². The first-order chi connectivity index (χ1) is 9.47. The number of carbonyl (C=O) groups is 1. The summed E-state index contributed by atoms with van der Waals surface area (Å²) in [5.74, 6) is -0.376. The molecule has 2 aromatic rings. The van der Waals surface area contributed by atoms with Gasteiger partial charge in [0, 0.05) is 12.1 Å². The Hall–Kier alpha value is -2.18. The SMILES string of the molecule is O=C(Nc1cccc(Cl)n1)c1cc([N+](=O)[O-])ccc1Cl. The Morgan fingerprint density at radius 1 is 1.25 bits per heavy atom. The molecule has 8 heteroatoms. The number of nitro benzene ring substituents is 1. The third-order valence-corrected chi connectivity index (χ3v) is 2.90. The number of halogens is 2. The van der Waals surface area contributed by atoms with Gasteiger partial charge in [0.25, 0.3) is 11.6 Å². The van der Waals surface area contributed by atoms with Gasteiger partial charge in [-0.2, -0.15) is 0 Å². The van der Waals surface area contributed by atoms with Gasteiger partial charge in [0.05, 0.1) is 15.5 Å². The van der Waals surface area contributed by atoms with Crippen molar-refractivity contribution in [3.63, 3.8) is 0 Å². The van der Waals surface area contributed by atoms with E-state index in [0.717, 1.165) is 6.07 Å². The molecule has 0 unspecified atom stereocenters. The predicted octanol–water partition coefficient (Wildman–Crippen LogP) is 3.55. The molecule has 0 aliphatic carbocycles. The van der Waals surface area contributed by atoms with E-state index in [1.54, 1.807) is 12.1 Å². The lowest BCUT2D eigenvalue weighted by Crippen LogP contribution is -2.13. The summed E-state index contributed by atoms with van der Waals surface area (Å²) in [5, 5.41) is 13.5. The zero-order chi connectivity index (χ0) is 14.7. The van der Waals surface area contributed by atoms with Crippen molar-refractivity contribution in [1.82, 2.24) is 4.98 Å². The van der Waals surface area contributed by atoms with Crippen molar-refractivity contribution in [2.45, 2.75) is 0 Å². The van der Waals surface area contributed by atoms with E-state index in [9.17, 15) is 14.9 Å². The number of nitro groups is 1. The van der Waals surface area contributed by atoms with Crippen molar-refractivity contribution in [2.24, 2.45) is 0 Å². The van der Waals surface area contributed by atoms with Gasteiger partial charge in [0.1, 0.15) is 11.0 Å². The maximum atomic E-state index is 12.0. The number of nitrogens with one attached hydrogen (secondary N) is 1. The highest BCUT2D eigenvalue weighted by molar-refractivity contribution is 6.34. The van der Waals surface area contributed by atoms with E-state index >= 15 is 0 Å². The van der Waals surface area contributed by atoms with Gasteiger partial charge in [-0.3, -0.25) is 14.9 Å². The molecule has 1 aromatic heterocycles. The molecule has 0 aliphatic rings. The topological polar surface area (TPSA) is 85.1 Å². The Kier molecular flexibility index (Phi) is 4.16. The number of pyridine rings is 1. The average Bonchev–Trinajstić information content (AvgIpc) is 2.38. The van der Waals surface area contributed by atoms with Crippen LogP contribution in [0.4, 0.5) is 11.5 Å². The molecule has 0 atom stereocenters. The van der Waals surface area contributed by atoms with Crippen LogP contribution in [0.15, 0.2) is 36.4 Å². The number of non-ortho nitro benzene ring substituents is 1. The number of amides is 1. The van der Waals surface area contributed by atoms with Gasteiger partial charge in [-0.25, -0.2) is 4.98 Å². The number of carbonyl (C=O) groups excluding carboxylic acids is 1. The molecule has 0 spiro atoms. The Balaban J connectivity index is 2.29. The van der Waals surface area contributed by atoms with Crippen LogP contribution >= 0.6 is 23.2 Å². The van der Waals surface area contributed by atoms with Gasteiger partial charge in [-0.15, -0.1) is 0 Å². The van der Waals surface area contributed by atoms with Crippen LogP contribution in [-0.4, -0.2) is 15.8 Å². The standard InChI is InChI=1S/C12H7Cl2N3O3/c13-9-5-4-7(17(19)20)6-8(9)12(18)16-11-3-1-2-10(14)15-11/h1-6H,(H,15,16,18). The smallest absolute Gasteiger partial charge is 0.270 e. The second-order valence-electron chi connectivity index (χ2n) is 3.72. The van der Waals surface area contributed by atoms with Crippen LogP contribution in [0.3, 0.4) is 0 Å². The van der Waals surface area contributed by atoms with Gasteiger partial charge >= 0.3 is 0 Å². The highest BCUT2D eigenvalue weighted by Crippen LogP contribution is 2.23. The molecule has 0 radical (unpaired) electrons. The van der Waals surface area contributed by atoms with Crippen LogP contribution in [0.5, 0.6) is 0 Å². The molecule has 0 bridgehead atoms. The van der Waals surface area contributed by atoms with Gasteiger partial charge in [-0.05, 0) is 18.2 Å². The maximum Gasteiger partial charge on any atom is 0.270 e. The summed E-state index contributed by atoms with van der Waals surface area (Å²) in [6.45, 7) is 0. The summed E-state index contributed by atoms with van der Waals surface area (Å²) in [6.07, 6.45) is 0. The maximum absolute atomic E-state index is 12.0. The molecule has 0 saturated carbocycles. The summed E-state index contributed by atoms with van der Waals surface area (Å²) in [6, 6.07) is 8.31. The fraction of sp³-hybridized carbons (Fsp3) is 0. The fourth-order valence-corrected chi connectivity index (χ4v) is 1.83. The van der Waals surface area contributed by atoms with Crippen molar-refractivity contribution < 1.29 is 9.72 Å². The molecule has 0 aliphatic heterocycles. The van der Waals surface area contributed by atoms with Gasteiger partial charge < -0.3 is 5.32 Å². The normalized spacial score (nSPS) is 10.1. The number of anilines is 1. The summed E-state index contributed by atoms with van der Waals surface area (Å²) in [5.41, 5.74) is -0.235. The number of aromatic nitrogens is 1. The number of hydrogen-bond acceptors (Lipinski definition) is 4. The molecule has 0 fully saturated rings. The van der Waals surface area contributed by atoms with Crippen LogP contribution in [0.25, 0.3) is 0 Å². The fourth-order valence-electron chi connectivity index (χ4n) is 1.46. The molecular formula is C12H7Cl2N3O3. The molecule has 2 rings (SSSR count). The highest BCUT2D eigenvalue weighted by Gasteiger charge is 2.16. The lowest BCUT2D eigenvalue weighted by atomic mass is 10.2. The third-order valence-electron chi connectivity index (χ3n) is 2.36. The van der Waals surface area contributed by atoms with Crippen LogP contribution in [0.1, 0.15) is 10.4 Å². The van der Waals surface area contributed by atoms with Gasteiger partial charge in [0.15, 0.2) is 0 Å². The first-order valence-electron chi connectivity index (χ1n) is 5.35. The van der Waals surface area contributed by atoms with E-state index in [1.165, 1.54) is 18.2 Å². The Labute approximate surface area is 123 Å². The number of rotatable bonds is 3. The van der Waals surface area contributed by atoms with Crippen molar-refractivity contribution in [3.05, 3.63) is 62.3 Å². The Morgan fingerprint density at radius 2 is 2.00 bits per heavy atom. The molecular weight excluding hydrogens is 305 g/mol. The van der Waals surface area contributed by atoms with Gasteiger partial charge in [-0.1, -0.05) is 29.3 Å². The minimum absolute atomic E-state index is 0.0114. The summed E-state index contributed by atoms with van der Waals surface area (Å²) >= 11 is 11.6. The summed E-state index contributed by atoms with van der Waals surface area (Å²) in [7, 11) is 0. The van der Waals surface area contributed by atoms with E-state index in [4.69, 9.17) is 23.2 Å². The third kappa shape index (κ3) is 3.23. The van der Waals surface area contributed by atoms with Crippen molar-refractivity contribution in [2.75, 3.05) is 5.32 Å². The van der Waals surface area contributed by atoms with Gasteiger partial charge in [0.2, 0.25) is 0 Å². The number of hydrogen-bond donors (Lipinski definition) is 1. The molecule has 0 saturated heterocycles. The molecule has 1 amide bonds. The van der Waals surface area contributed by atoms with E-state index in [1.807, 2.05) is 0 Å². The molecule has 1 heterocycles. The molecule has 20 heavy (non-hydrogen) atoms. The summed E-state index contributed by atoms with van der Waals surface area (Å²) < 4.78 is 0. The van der Waals surface area contributed by atoms with E-state index in [0.29, 0.717) is 0 Å². The first kappa shape index (κ1) is 14.2.